The van der Waals surface area contributed by atoms with Crippen LogP contribution in [-0.4, -0.2) is 48.5 Å². The van der Waals surface area contributed by atoms with Gasteiger partial charge in [-0.1, -0.05) is 19.1 Å². The third-order valence-corrected chi connectivity index (χ3v) is 6.84. The van der Waals surface area contributed by atoms with Crippen LogP contribution in [0.15, 0.2) is 35.2 Å². The van der Waals surface area contributed by atoms with E-state index in [9.17, 15) is 18.0 Å². The van der Waals surface area contributed by atoms with Crippen LogP contribution in [0.2, 0.25) is 0 Å². The molecule has 0 radical (unpaired) electrons. The maximum absolute atomic E-state index is 12.5. The first-order valence-electron chi connectivity index (χ1n) is 10.0. The Bertz CT molecular complexity index is 1240. The Morgan fingerprint density at radius 1 is 1.21 bits per heavy atom. The van der Waals surface area contributed by atoms with Gasteiger partial charge in [0.15, 0.2) is 5.69 Å². The normalized spacial score (nSPS) is 12.1. The molecule has 2 aromatic heterocycles. The predicted molar refractivity (Wildman–Crippen MR) is 130 cm³/mol. The number of nitrogens with one attached hydrogen (secondary N) is 3. The summed E-state index contributed by atoms with van der Waals surface area (Å²) in [5, 5.41) is 9.25. The summed E-state index contributed by atoms with van der Waals surface area (Å²) in [7, 11) is -3.12. The number of thiazole rings is 2. The van der Waals surface area contributed by atoms with Crippen molar-refractivity contribution < 1.29 is 27.3 Å². The molecule has 0 aliphatic carbocycles. The van der Waals surface area contributed by atoms with Crippen molar-refractivity contribution in [3.05, 3.63) is 57.1 Å². The molecule has 0 aliphatic heterocycles. The van der Waals surface area contributed by atoms with Gasteiger partial charge in [0.05, 0.1) is 35.1 Å². The molecule has 1 amide bonds. The maximum atomic E-state index is 12.5. The zero-order valence-electron chi connectivity index (χ0n) is 18.3. The van der Waals surface area contributed by atoms with Crippen LogP contribution in [0.5, 0.6) is 0 Å². The number of methoxy groups -OCH3 is 1. The number of nitrogens with zero attached hydrogens (tertiary/aromatic N) is 2. The number of rotatable bonds is 11. The average Bonchev–Trinajstić information content (AvgIpc) is 3.46. The van der Waals surface area contributed by atoms with E-state index in [-0.39, 0.29) is 24.0 Å². The highest BCUT2D eigenvalue weighted by Gasteiger charge is 2.22. The van der Waals surface area contributed by atoms with Gasteiger partial charge in [0, 0.05) is 5.38 Å². The van der Waals surface area contributed by atoms with Gasteiger partial charge >= 0.3 is 16.3 Å². The van der Waals surface area contributed by atoms with E-state index < -0.39 is 22.2 Å². The fourth-order valence-electron chi connectivity index (χ4n) is 2.95. The zero-order chi connectivity index (χ0) is 24.7. The molecule has 34 heavy (non-hydrogen) atoms. The van der Waals surface area contributed by atoms with Gasteiger partial charge in [0.25, 0.3) is 5.91 Å². The maximum Gasteiger partial charge on any atom is 0.357 e. The van der Waals surface area contributed by atoms with Gasteiger partial charge in [-0.3, -0.25) is 18.9 Å². The second-order valence-electron chi connectivity index (χ2n) is 6.98. The lowest BCUT2D eigenvalue weighted by Crippen LogP contribution is -2.31. The number of amides is 1. The van der Waals surface area contributed by atoms with Gasteiger partial charge in [0.1, 0.15) is 11.5 Å². The first kappa shape index (κ1) is 25.6. The minimum absolute atomic E-state index is 0.151. The number of hydrogen-bond donors (Lipinski definition) is 4. The summed E-state index contributed by atoms with van der Waals surface area (Å²) < 4.78 is 37.5. The molecule has 11 nitrogen and oxygen atoms in total. The molecule has 0 saturated carbocycles. The summed E-state index contributed by atoms with van der Waals surface area (Å²) in [6.45, 7) is 1.74. The molecule has 3 aromatic rings. The van der Waals surface area contributed by atoms with Gasteiger partial charge in [0.2, 0.25) is 0 Å². The Labute approximate surface area is 204 Å². The summed E-state index contributed by atoms with van der Waals surface area (Å²) >= 11 is 2.78. The molecular weight excluding hydrogens is 502 g/mol. The SMILES string of the molecule is CCc1nc([C@H](Cc2ccc(NS(=O)(=O)O)cc2)Nc2scnc2C(=O)NCC(=O)OC)cs1. The molecule has 14 heteroatoms. The monoisotopic (exact) mass is 525 g/mol. The number of esters is 1. The second-order valence-corrected chi connectivity index (χ2v) is 9.94. The summed E-state index contributed by atoms with van der Waals surface area (Å²) in [6.07, 6.45) is 1.26. The first-order valence-corrected chi connectivity index (χ1v) is 13.2. The van der Waals surface area contributed by atoms with Crippen molar-refractivity contribution >= 4 is 55.5 Å². The standard InChI is InChI=1S/C20H23N5O6S3/c1-3-16-23-15(10-32-16)14(8-12-4-6-13(7-5-12)25-34(28,29)30)24-20-18(22-11-33-20)19(27)21-9-17(26)31-2/h4-7,10-11,14,24-25H,3,8-9H2,1-2H3,(H,21,27)(H,28,29,30)/t14-/m0/s1. The summed E-state index contributed by atoms with van der Waals surface area (Å²) in [5.74, 6) is -1.08. The Hall–Kier alpha value is -3.07. The van der Waals surface area contributed by atoms with Gasteiger partial charge in [-0.2, -0.15) is 8.42 Å². The fourth-order valence-corrected chi connectivity index (χ4v) is 4.91. The van der Waals surface area contributed by atoms with Crippen LogP contribution in [0, 0.1) is 0 Å². The number of benzene rings is 1. The van der Waals surface area contributed by atoms with Gasteiger partial charge in [-0.15, -0.1) is 22.7 Å². The highest BCUT2D eigenvalue weighted by molar-refractivity contribution is 7.87. The van der Waals surface area contributed by atoms with Crippen molar-refractivity contribution in [2.45, 2.75) is 25.8 Å². The molecular formula is C20H23N5O6S3. The van der Waals surface area contributed by atoms with E-state index in [1.165, 1.54) is 47.4 Å². The molecule has 0 fully saturated rings. The van der Waals surface area contributed by atoms with Crippen LogP contribution in [-0.2, 0) is 32.7 Å². The molecule has 3 rings (SSSR count). The summed E-state index contributed by atoms with van der Waals surface area (Å²) in [6, 6.07) is 6.22. The van der Waals surface area contributed by atoms with Crippen LogP contribution in [0.1, 0.15) is 39.7 Å². The fraction of sp³-hybridized carbons (Fsp3) is 0.300. The lowest BCUT2D eigenvalue weighted by atomic mass is 10.0. The van der Waals surface area contributed by atoms with E-state index in [1.807, 2.05) is 17.0 Å². The van der Waals surface area contributed by atoms with Crippen molar-refractivity contribution in [3.63, 3.8) is 0 Å². The minimum atomic E-state index is -4.36. The Kier molecular flexibility index (Phi) is 8.55. The highest BCUT2D eigenvalue weighted by atomic mass is 32.2. The Morgan fingerprint density at radius 3 is 2.56 bits per heavy atom. The molecule has 0 saturated heterocycles. The smallest absolute Gasteiger partial charge is 0.357 e. The first-order chi connectivity index (χ1) is 16.2. The number of carbonyl (C=O) groups excluding carboxylic acids is 2. The summed E-state index contributed by atoms with van der Waals surface area (Å²) in [4.78, 5) is 32.7. The average molecular weight is 526 g/mol. The van der Waals surface area contributed by atoms with Crippen LogP contribution in [0.3, 0.4) is 0 Å². The van der Waals surface area contributed by atoms with E-state index in [1.54, 1.807) is 12.1 Å². The molecule has 2 heterocycles. The quantitative estimate of drug-likeness (QED) is 0.218. The molecule has 0 aliphatic rings. The predicted octanol–water partition coefficient (Wildman–Crippen LogP) is 2.68. The largest absolute Gasteiger partial charge is 0.468 e. The minimum Gasteiger partial charge on any atom is -0.468 e. The number of aryl methyl sites for hydroxylation is 1. The van der Waals surface area contributed by atoms with E-state index in [0.29, 0.717) is 11.4 Å². The third-order valence-electron chi connectivity index (χ3n) is 4.58. The second kappa shape index (κ2) is 11.4. The molecule has 182 valence electrons. The van der Waals surface area contributed by atoms with E-state index in [0.717, 1.165) is 22.7 Å². The van der Waals surface area contributed by atoms with Gasteiger partial charge < -0.3 is 15.4 Å². The van der Waals surface area contributed by atoms with Crippen molar-refractivity contribution in [3.8, 4) is 0 Å². The van der Waals surface area contributed by atoms with Crippen molar-refractivity contribution in [2.75, 3.05) is 23.7 Å². The van der Waals surface area contributed by atoms with Crippen LogP contribution in [0.25, 0.3) is 0 Å². The molecule has 0 unspecified atom stereocenters. The van der Waals surface area contributed by atoms with Crippen molar-refractivity contribution in [2.24, 2.45) is 0 Å². The molecule has 0 bridgehead atoms. The highest BCUT2D eigenvalue weighted by Crippen LogP contribution is 2.30. The van der Waals surface area contributed by atoms with Crippen molar-refractivity contribution in [1.82, 2.24) is 15.3 Å². The zero-order valence-corrected chi connectivity index (χ0v) is 20.7. The topological polar surface area (TPSA) is 160 Å². The molecule has 1 aromatic carbocycles. The molecule has 0 spiro atoms. The number of ether oxygens (including phenoxy) is 1. The number of hydrogen-bond acceptors (Lipinski definition) is 10. The van der Waals surface area contributed by atoms with Gasteiger partial charge in [-0.25, -0.2) is 9.97 Å². The van der Waals surface area contributed by atoms with E-state index >= 15 is 0 Å². The third kappa shape index (κ3) is 7.21. The van der Waals surface area contributed by atoms with E-state index in [2.05, 4.69) is 25.3 Å². The van der Waals surface area contributed by atoms with Crippen LogP contribution in [0.4, 0.5) is 10.7 Å². The van der Waals surface area contributed by atoms with E-state index in [4.69, 9.17) is 4.55 Å². The summed E-state index contributed by atoms with van der Waals surface area (Å²) in [5.41, 5.74) is 3.56. The lowest BCUT2D eigenvalue weighted by Gasteiger charge is -2.18. The van der Waals surface area contributed by atoms with Crippen LogP contribution >= 0.6 is 22.7 Å². The Morgan fingerprint density at radius 2 is 1.94 bits per heavy atom. The lowest BCUT2D eigenvalue weighted by molar-refractivity contribution is -0.139. The molecule has 1 atom stereocenters. The number of anilines is 2. The number of aromatic nitrogens is 2. The van der Waals surface area contributed by atoms with Crippen molar-refractivity contribution in [1.29, 1.82) is 0 Å². The Balaban J connectivity index is 1.81. The van der Waals surface area contributed by atoms with Gasteiger partial charge in [-0.05, 0) is 30.5 Å². The number of carbonyl (C=O) groups is 2. The molecule has 4 N–H and O–H groups in total. The van der Waals surface area contributed by atoms with Crippen LogP contribution < -0.4 is 15.4 Å².